The van der Waals surface area contributed by atoms with Gasteiger partial charge in [-0.25, -0.2) is 9.69 Å². The number of cyclic esters (lactones) is 1. The van der Waals surface area contributed by atoms with E-state index >= 15 is 0 Å². The minimum Gasteiger partial charge on any atom is -0.447 e. The lowest BCUT2D eigenvalue weighted by molar-refractivity contribution is -0.129. The fraction of sp³-hybridized carbons (Fsp3) is 0.556. The van der Waals surface area contributed by atoms with Gasteiger partial charge in [-0.1, -0.05) is 57.0 Å². The van der Waals surface area contributed by atoms with Crippen molar-refractivity contribution in [2.45, 2.75) is 52.0 Å². The van der Waals surface area contributed by atoms with Crippen LogP contribution in [-0.4, -0.2) is 29.5 Å². The summed E-state index contributed by atoms with van der Waals surface area (Å²) in [7, 11) is 0. The molecule has 4 nitrogen and oxygen atoms in total. The van der Waals surface area contributed by atoms with Crippen LogP contribution in [0.2, 0.25) is 0 Å². The van der Waals surface area contributed by atoms with E-state index in [1.807, 2.05) is 30.3 Å². The summed E-state index contributed by atoms with van der Waals surface area (Å²) < 4.78 is 5.08. The Morgan fingerprint density at radius 2 is 2.00 bits per heavy atom. The molecule has 1 aliphatic rings. The summed E-state index contributed by atoms with van der Waals surface area (Å²) in [5.41, 5.74) is 1.11. The molecule has 1 saturated heterocycles. The van der Waals surface area contributed by atoms with E-state index in [0.29, 0.717) is 25.4 Å². The first-order valence-electron chi connectivity index (χ1n) is 8.10. The zero-order valence-electron chi connectivity index (χ0n) is 13.5. The lowest BCUT2D eigenvalue weighted by atomic mass is 10.0. The van der Waals surface area contributed by atoms with Crippen LogP contribution in [0.25, 0.3) is 0 Å². The van der Waals surface area contributed by atoms with E-state index in [4.69, 9.17) is 4.74 Å². The summed E-state index contributed by atoms with van der Waals surface area (Å²) >= 11 is 0. The molecular formula is C18H25NO3. The number of carbonyl (C=O) groups excluding carboxylic acids is 2. The molecule has 2 rings (SSSR count). The van der Waals surface area contributed by atoms with Gasteiger partial charge in [-0.05, 0) is 24.3 Å². The van der Waals surface area contributed by atoms with Gasteiger partial charge in [0.25, 0.3) is 0 Å². The molecule has 1 aliphatic heterocycles. The molecule has 0 radical (unpaired) electrons. The molecule has 0 N–H and O–H groups in total. The lowest BCUT2D eigenvalue weighted by Gasteiger charge is -2.19. The van der Waals surface area contributed by atoms with Crippen LogP contribution in [-0.2, 0) is 16.0 Å². The number of benzene rings is 1. The lowest BCUT2D eigenvalue weighted by Crippen LogP contribution is -2.40. The Morgan fingerprint density at radius 3 is 2.68 bits per heavy atom. The Bertz CT molecular complexity index is 498. The summed E-state index contributed by atoms with van der Waals surface area (Å²) in [6.07, 6.45) is 3.56. The number of rotatable bonds is 7. The maximum absolute atomic E-state index is 12.3. The van der Waals surface area contributed by atoms with Crippen LogP contribution in [0.4, 0.5) is 4.79 Å². The highest BCUT2D eigenvalue weighted by atomic mass is 16.6. The second-order valence-electron chi connectivity index (χ2n) is 6.32. The molecule has 1 aromatic rings. The van der Waals surface area contributed by atoms with Crippen LogP contribution in [0.5, 0.6) is 0 Å². The Hall–Kier alpha value is -1.84. The summed E-state index contributed by atoms with van der Waals surface area (Å²) in [6.45, 7) is 4.65. The van der Waals surface area contributed by atoms with Crippen LogP contribution in [0, 0.1) is 5.92 Å². The molecule has 2 amide bonds. The van der Waals surface area contributed by atoms with Gasteiger partial charge < -0.3 is 4.74 Å². The van der Waals surface area contributed by atoms with Crippen LogP contribution in [0.1, 0.15) is 45.1 Å². The molecule has 0 aliphatic carbocycles. The molecule has 22 heavy (non-hydrogen) atoms. The Balaban J connectivity index is 1.88. The maximum atomic E-state index is 12.3. The fourth-order valence-electron chi connectivity index (χ4n) is 2.75. The predicted octanol–water partition coefficient (Wildman–Crippen LogP) is 3.79. The first-order chi connectivity index (χ1) is 10.6. The largest absolute Gasteiger partial charge is 0.447 e. The summed E-state index contributed by atoms with van der Waals surface area (Å²) in [4.78, 5) is 25.5. The Labute approximate surface area is 132 Å². The molecule has 0 spiro atoms. The average molecular weight is 303 g/mol. The number of unbranched alkanes of at least 4 members (excludes halogenated alkanes) is 1. The highest BCUT2D eigenvalue weighted by molar-refractivity contribution is 5.93. The first kappa shape index (κ1) is 16.5. The monoisotopic (exact) mass is 303 g/mol. The third-order valence-electron chi connectivity index (χ3n) is 3.97. The highest BCUT2D eigenvalue weighted by Gasteiger charge is 2.37. The second kappa shape index (κ2) is 7.97. The minimum absolute atomic E-state index is 0.104. The number of ether oxygens (including phenoxy) is 1. The van der Waals surface area contributed by atoms with Crippen molar-refractivity contribution in [1.29, 1.82) is 0 Å². The molecule has 0 unspecified atom stereocenters. The molecule has 0 saturated carbocycles. The Morgan fingerprint density at radius 1 is 1.27 bits per heavy atom. The van der Waals surface area contributed by atoms with Crippen LogP contribution in [0.3, 0.4) is 0 Å². The smallest absolute Gasteiger partial charge is 0.416 e. The summed E-state index contributed by atoms with van der Waals surface area (Å²) in [5, 5.41) is 0. The second-order valence-corrected chi connectivity index (χ2v) is 6.32. The van der Waals surface area contributed by atoms with Gasteiger partial charge in [0, 0.05) is 6.42 Å². The molecule has 120 valence electrons. The van der Waals surface area contributed by atoms with Gasteiger partial charge in [-0.3, -0.25) is 4.79 Å². The van der Waals surface area contributed by atoms with Crippen molar-refractivity contribution in [3.8, 4) is 0 Å². The van der Waals surface area contributed by atoms with E-state index in [-0.39, 0.29) is 11.9 Å². The van der Waals surface area contributed by atoms with E-state index in [1.54, 1.807) is 0 Å². The van der Waals surface area contributed by atoms with Gasteiger partial charge in [-0.2, -0.15) is 0 Å². The summed E-state index contributed by atoms with van der Waals surface area (Å²) in [5.74, 6) is 0.546. The van der Waals surface area contributed by atoms with E-state index in [0.717, 1.165) is 24.8 Å². The first-order valence-corrected chi connectivity index (χ1v) is 8.10. The van der Waals surface area contributed by atoms with Crippen LogP contribution in [0.15, 0.2) is 30.3 Å². The third-order valence-corrected chi connectivity index (χ3v) is 3.97. The molecule has 1 aromatic carbocycles. The molecule has 1 atom stereocenters. The molecule has 0 aromatic heterocycles. The number of amides is 2. The average Bonchev–Trinajstić information content (AvgIpc) is 2.85. The molecular weight excluding hydrogens is 278 g/mol. The fourth-order valence-corrected chi connectivity index (χ4v) is 2.75. The Kier molecular flexibility index (Phi) is 5.99. The summed E-state index contributed by atoms with van der Waals surface area (Å²) in [6, 6.07) is 9.72. The quantitative estimate of drug-likeness (QED) is 0.720. The molecule has 4 heteroatoms. The number of imide groups is 1. The third kappa shape index (κ3) is 4.58. The predicted molar refractivity (Wildman–Crippen MR) is 85.4 cm³/mol. The maximum Gasteiger partial charge on any atom is 0.416 e. The van der Waals surface area contributed by atoms with Gasteiger partial charge in [0.15, 0.2) is 0 Å². The van der Waals surface area contributed by atoms with Crippen molar-refractivity contribution in [3.05, 3.63) is 35.9 Å². The van der Waals surface area contributed by atoms with Crippen LogP contribution >= 0.6 is 0 Å². The van der Waals surface area contributed by atoms with Crippen molar-refractivity contribution in [1.82, 2.24) is 4.90 Å². The zero-order chi connectivity index (χ0) is 15.9. The van der Waals surface area contributed by atoms with Gasteiger partial charge in [0.1, 0.15) is 6.61 Å². The van der Waals surface area contributed by atoms with Gasteiger partial charge in [0.2, 0.25) is 5.91 Å². The minimum atomic E-state index is -0.491. The molecule has 1 heterocycles. The van der Waals surface area contributed by atoms with Crippen molar-refractivity contribution in [2.24, 2.45) is 5.92 Å². The molecule has 0 bridgehead atoms. The zero-order valence-corrected chi connectivity index (χ0v) is 13.5. The van der Waals surface area contributed by atoms with E-state index in [2.05, 4.69) is 13.8 Å². The van der Waals surface area contributed by atoms with Crippen molar-refractivity contribution < 1.29 is 14.3 Å². The highest BCUT2D eigenvalue weighted by Crippen LogP contribution is 2.19. The van der Waals surface area contributed by atoms with Crippen LogP contribution < -0.4 is 0 Å². The van der Waals surface area contributed by atoms with E-state index in [1.165, 1.54) is 4.90 Å². The standard InChI is InChI=1S/C18H25NO3/c1-14(2)8-6-7-11-17(20)19-16(13-22-18(19)21)12-15-9-4-3-5-10-15/h3-5,9-10,14,16H,6-8,11-13H2,1-2H3/t16-/m0/s1. The number of nitrogens with zero attached hydrogens (tertiary/aromatic N) is 1. The van der Waals surface area contributed by atoms with Crippen molar-refractivity contribution >= 4 is 12.0 Å². The van der Waals surface area contributed by atoms with Crippen molar-refractivity contribution in [2.75, 3.05) is 6.61 Å². The number of hydrogen-bond donors (Lipinski definition) is 0. The van der Waals surface area contributed by atoms with Gasteiger partial charge in [-0.15, -0.1) is 0 Å². The van der Waals surface area contributed by atoms with Crippen molar-refractivity contribution in [3.63, 3.8) is 0 Å². The molecule has 1 fully saturated rings. The normalized spacial score (nSPS) is 17.9. The number of carbonyl (C=O) groups is 2. The SMILES string of the molecule is CC(C)CCCCC(=O)N1C(=O)OC[C@@H]1Cc1ccccc1. The van der Waals surface area contributed by atoms with Gasteiger partial charge >= 0.3 is 6.09 Å². The van der Waals surface area contributed by atoms with E-state index in [9.17, 15) is 9.59 Å². The van der Waals surface area contributed by atoms with E-state index < -0.39 is 6.09 Å². The van der Waals surface area contributed by atoms with Gasteiger partial charge in [0.05, 0.1) is 6.04 Å². The topological polar surface area (TPSA) is 46.6 Å². The number of hydrogen-bond acceptors (Lipinski definition) is 3.